The summed E-state index contributed by atoms with van der Waals surface area (Å²) in [5.74, 6) is 0.121. The fraction of sp³-hybridized carbons (Fsp3) is 0.250. The number of carbonyl (C=O) groups excluding carboxylic acids is 2. The number of carbonyl (C=O) groups is 2. The van der Waals surface area contributed by atoms with Gasteiger partial charge in [-0.1, -0.05) is 0 Å². The van der Waals surface area contributed by atoms with Crippen molar-refractivity contribution in [2.24, 2.45) is 0 Å². The van der Waals surface area contributed by atoms with E-state index >= 15 is 0 Å². The van der Waals surface area contributed by atoms with Crippen LogP contribution in [0.2, 0.25) is 0 Å². The SMILES string of the molecule is N#CCC(=O)N1CCC[C@H]1C(=O)Nc1ccc(Oc2ccc(F)cc2)cc1. The molecule has 1 fully saturated rings. The van der Waals surface area contributed by atoms with Gasteiger partial charge in [-0.05, 0) is 61.4 Å². The summed E-state index contributed by atoms with van der Waals surface area (Å²) in [5, 5.41) is 11.5. The highest BCUT2D eigenvalue weighted by Gasteiger charge is 2.33. The first-order valence-electron chi connectivity index (χ1n) is 8.57. The van der Waals surface area contributed by atoms with Crippen LogP contribution in [0.25, 0.3) is 0 Å². The molecule has 0 bridgehead atoms. The van der Waals surface area contributed by atoms with Crippen LogP contribution in [0.4, 0.5) is 10.1 Å². The van der Waals surface area contributed by atoms with Crippen molar-refractivity contribution >= 4 is 17.5 Å². The van der Waals surface area contributed by atoms with E-state index in [1.54, 1.807) is 24.3 Å². The van der Waals surface area contributed by atoms with Gasteiger partial charge < -0.3 is 15.0 Å². The topological polar surface area (TPSA) is 82.4 Å². The number of hydrogen-bond acceptors (Lipinski definition) is 4. The number of likely N-dealkylation sites (tertiary alicyclic amines) is 1. The number of anilines is 1. The Balaban J connectivity index is 1.60. The first-order valence-corrected chi connectivity index (χ1v) is 8.57. The van der Waals surface area contributed by atoms with Gasteiger partial charge in [0.2, 0.25) is 11.8 Å². The molecule has 1 N–H and O–H groups in total. The molecular weight excluding hydrogens is 349 g/mol. The average molecular weight is 367 g/mol. The fourth-order valence-electron chi connectivity index (χ4n) is 2.98. The van der Waals surface area contributed by atoms with E-state index in [4.69, 9.17) is 10.00 Å². The lowest BCUT2D eigenvalue weighted by Crippen LogP contribution is -2.43. The molecule has 138 valence electrons. The van der Waals surface area contributed by atoms with Crippen molar-refractivity contribution in [1.82, 2.24) is 4.90 Å². The van der Waals surface area contributed by atoms with Gasteiger partial charge in [0.1, 0.15) is 29.8 Å². The van der Waals surface area contributed by atoms with E-state index in [2.05, 4.69) is 5.32 Å². The molecule has 2 amide bonds. The molecule has 3 rings (SSSR count). The zero-order valence-electron chi connectivity index (χ0n) is 14.5. The molecule has 1 aliphatic rings. The maximum absolute atomic E-state index is 12.9. The maximum Gasteiger partial charge on any atom is 0.247 e. The minimum absolute atomic E-state index is 0.223. The lowest BCUT2D eigenvalue weighted by Gasteiger charge is -2.23. The third-order valence-corrected chi connectivity index (χ3v) is 4.28. The van der Waals surface area contributed by atoms with Crippen molar-refractivity contribution in [2.75, 3.05) is 11.9 Å². The lowest BCUT2D eigenvalue weighted by atomic mass is 10.2. The van der Waals surface area contributed by atoms with Gasteiger partial charge in [-0.25, -0.2) is 4.39 Å². The standard InChI is InChI=1S/C20H18FN3O3/c21-14-3-7-16(8-4-14)27-17-9-5-15(6-10-17)23-20(26)18-2-1-13-24(18)19(25)11-12-22/h3-10,18H,1-2,11,13H2,(H,23,26)/t18-/m0/s1. The van der Waals surface area contributed by atoms with E-state index in [1.807, 2.05) is 6.07 Å². The van der Waals surface area contributed by atoms with Gasteiger partial charge in [0.15, 0.2) is 0 Å². The predicted octanol–water partition coefficient (Wildman–Crippen LogP) is 3.46. The number of nitrogens with zero attached hydrogens (tertiary/aromatic N) is 2. The summed E-state index contributed by atoms with van der Waals surface area (Å²) < 4.78 is 18.5. The van der Waals surface area contributed by atoms with Gasteiger partial charge in [-0.15, -0.1) is 0 Å². The second-order valence-electron chi connectivity index (χ2n) is 6.15. The van der Waals surface area contributed by atoms with Gasteiger partial charge in [0.25, 0.3) is 0 Å². The largest absolute Gasteiger partial charge is 0.457 e. The number of rotatable bonds is 5. The molecule has 0 radical (unpaired) electrons. The summed E-state index contributed by atoms with van der Waals surface area (Å²) in [6.45, 7) is 0.489. The Morgan fingerprint density at radius 3 is 2.41 bits per heavy atom. The van der Waals surface area contributed by atoms with Crippen LogP contribution in [0.15, 0.2) is 48.5 Å². The quantitative estimate of drug-likeness (QED) is 0.877. The second kappa shape index (κ2) is 8.32. The molecular formula is C20H18FN3O3. The van der Waals surface area contributed by atoms with Crippen molar-refractivity contribution in [3.05, 3.63) is 54.3 Å². The number of amides is 2. The highest BCUT2D eigenvalue weighted by atomic mass is 19.1. The molecule has 2 aromatic rings. The Morgan fingerprint density at radius 1 is 1.15 bits per heavy atom. The molecule has 1 aliphatic heterocycles. The summed E-state index contributed by atoms with van der Waals surface area (Å²) in [6, 6.07) is 13.7. The predicted molar refractivity (Wildman–Crippen MR) is 96.5 cm³/mol. The van der Waals surface area contributed by atoms with E-state index in [9.17, 15) is 14.0 Å². The van der Waals surface area contributed by atoms with E-state index in [-0.39, 0.29) is 24.1 Å². The summed E-state index contributed by atoms with van der Waals surface area (Å²) >= 11 is 0. The van der Waals surface area contributed by atoms with Crippen LogP contribution in [0, 0.1) is 17.1 Å². The maximum atomic E-state index is 12.9. The number of benzene rings is 2. The van der Waals surface area contributed by atoms with Crippen LogP contribution in [0.3, 0.4) is 0 Å². The van der Waals surface area contributed by atoms with Crippen LogP contribution < -0.4 is 10.1 Å². The minimum atomic E-state index is -0.555. The van der Waals surface area contributed by atoms with Crippen molar-refractivity contribution < 1.29 is 18.7 Å². The molecule has 0 spiro atoms. The Hall–Kier alpha value is -3.40. The van der Waals surface area contributed by atoms with Crippen molar-refractivity contribution in [1.29, 1.82) is 5.26 Å². The normalized spacial score (nSPS) is 15.9. The Morgan fingerprint density at radius 2 is 1.78 bits per heavy atom. The first-order chi connectivity index (χ1) is 13.1. The van der Waals surface area contributed by atoms with Crippen molar-refractivity contribution in [3.8, 4) is 17.6 Å². The number of nitrogens with one attached hydrogen (secondary N) is 1. The van der Waals surface area contributed by atoms with Gasteiger partial charge >= 0.3 is 0 Å². The van der Waals surface area contributed by atoms with Gasteiger partial charge in [0, 0.05) is 12.2 Å². The van der Waals surface area contributed by atoms with Crippen LogP contribution >= 0.6 is 0 Å². The molecule has 2 aromatic carbocycles. The molecule has 0 saturated carbocycles. The number of halogens is 1. The molecule has 27 heavy (non-hydrogen) atoms. The zero-order chi connectivity index (χ0) is 19.2. The molecule has 0 aromatic heterocycles. The molecule has 6 nitrogen and oxygen atoms in total. The van der Waals surface area contributed by atoms with Crippen molar-refractivity contribution in [3.63, 3.8) is 0 Å². The first kappa shape index (κ1) is 18.4. The van der Waals surface area contributed by atoms with Crippen LogP contribution in [0.5, 0.6) is 11.5 Å². The molecule has 1 saturated heterocycles. The number of ether oxygens (including phenoxy) is 1. The fourth-order valence-corrected chi connectivity index (χ4v) is 2.98. The minimum Gasteiger partial charge on any atom is -0.457 e. The van der Waals surface area contributed by atoms with Crippen LogP contribution in [0.1, 0.15) is 19.3 Å². The van der Waals surface area contributed by atoms with E-state index in [0.717, 1.165) is 6.42 Å². The summed E-state index contributed by atoms with van der Waals surface area (Å²) in [4.78, 5) is 25.9. The molecule has 0 aliphatic carbocycles. The highest BCUT2D eigenvalue weighted by Crippen LogP contribution is 2.24. The van der Waals surface area contributed by atoms with Crippen LogP contribution in [-0.2, 0) is 9.59 Å². The van der Waals surface area contributed by atoms with E-state index < -0.39 is 6.04 Å². The van der Waals surface area contributed by atoms with Gasteiger partial charge in [-0.2, -0.15) is 5.26 Å². The van der Waals surface area contributed by atoms with Crippen molar-refractivity contribution in [2.45, 2.75) is 25.3 Å². The highest BCUT2D eigenvalue weighted by molar-refractivity contribution is 5.97. The van der Waals surface area contributed by atoms with Gasteiger partial charge in [0.05, 0.1) is 6.07 Å². The summed E-state index contributed by atoms with van der Waals surface area (Å²) in [5.41, 5.74) is 0.575. The van der Waals surface area contributed by atoms with Crippen LogP contribution in [-0.4, -0.2) is 29.3 Å². The molecule has 1 atom stereocenters. The smallest absolute Gasteiger partial charge is 0.247 e. The monoisotopic (exact) mass is 367 g/mol. The summed E-state index contributed by atoms with van der Waals surface area (Å²) in [7, 11) is 0. The lowest BCUT2D eigenvalue weighted by molar-refractivity contribution is -0.135. The van der Waals surface area contributed by atoms with E-state index in [1.165, 1.54) is 29.2 Å². The third kappa shape index (κ3) is 4.61. The molecule has 7 heteroatoms. The Bertz CT molecular complexity index is 860. The Kier molecular flexibility index (Phi) is 5.67. The average Bonchev–Trinajstić information content (AvgIpc) is 3.15. The Labute approximate surface area is 156 Å². The third-order valence-electron chi connectivity index (χ3n) is 4.28. The van der Waals surface area contributed by atoms with Gasteiger partial charge in [-0.3, -0.25) is 9.59 Å². The zero-order valence-corrected chi connectivity index (χ0v) is 14.5. The summed E-state index contributed by atoms with van der Waals surface area (Å²) in [6.07, 6.45) is 1.09. The number of hydrogen-bond donors (Lipinski definition) is 1. The number of nitriles is 1. The molecule has 1 heterocycles. The second-order valence-corrected chi connectivity index (χ2v) is 6.15. The molecule has 0 unspecified atom stereocenters. The van der Waals surface area contributed by atoms with E-state index in [0.29, 0.717) is 30.2 Å².